The zero-order valence-corrected chi connectivity index (χ0v) is 12.9. The van der Waals surface area contributed by atoms with E-state index in [4.69, 9.17) is 27.9 Å². The molecule has 0 aliphatic rings. The van der Waals surface area contributed by atoms with Crippen molar-refractivity contribution >= 4 is 23.2 Å². The predicted molar refractivity (Wildman–Crippen MR) is 85.9 cm³/mol. The van der Waals surface area contributed by atoms with Gasteiger partial charge in [0.2, 0.25) is 0 Å². The summed E-state index contributed by atoms with van der Waals surface area (Å²) < 4.78 is 5.15. The van der Waals surface area contributed by atoms with Crippen LogP contribution >= 0.6 is 23.2 Å². The van der Waals surface area contributed by atoms with Crippen molar-refractivity contribution in [3.05, 3.63) is 70.6 Å². The van der Waals surface area contributed by atoms with E-state index in [1.807, 2.05) is 24.3 Å². The number of hydrogen-bond donors (Lipinski definition) is 0. The number of halogens is 2. The molecule has 20 heavy (non-hydrogen) atoms. The zero-order valence-electron chi connectivity index (χ0n) is 11.4. The number of benzene rings is 2. The first-order chi connectivity index (χ1) is 9.60. The number of ether oxygens (including phenoxy) is 1. The van der Waals surface area contributed by atoms with Crippen LogP contribution < -0.4 is 4.74 Å². The minimum atomic E-state index is 0.229. The first-order valence-corrected chi connectivity index (χ1v) is 7.26. The van der Waals surface area contributed by atoms with Gasteiger partial charge in [0.1, 0.15) is 5.75 Å². The lowest BCUT2D eigenvalue weighted by Crippen LogP contribution is -1.97. The van der Waals surface area contributed by atoms with E-state index in [0.29, 0.717) is 5.02 Å². The Morgan fingerprint density at radius 1 is 1.10 bits per heavy atom. The first-order valence-electron chi connectivity index (χ1n) is 6.51. The Morgan fingerprint density at radius 2 is 1.80 bits per heavy atom. The Morgan fingerprint density at radius 3 is 2.40 bits per heavy atom. The van der Waals surface area contributed by atoms with Crippen LogP contribution in [0.1, 0.15) is 23.5 Å². The lowest BCUT2D eigenvalue weighted by molar-refractivity contribution is 0.414. The van der Waals surface area contributed by atoms with Crippen LogP contribution in [0.25, 0.3) is 0 Å². The monoisotopic (exact) mass is 307 g/mol. The maximum atomic E-state index is 6.18. The van der Waals surface area contributed by atoms with E-state index in [0.717, 1.165) is 29.2 Å². The molecule has 0 heterocycles. The van der Waals surface area contributed by atoms with E-state index in [9.17, 15) is 0 Å². The molecule has 1 nitrogen and oxygen atoms in total. The van der Waals surface area contributed by atoms with Crippen molar-refractivity contribution in [1.29, 1.82) is 0 Å². The second-order valence-corrected chi connectivity index (χ2v) is 5.59. The van der Waals surface area contributed by atoms with E-state index in [2.05, 4.69) is 19.1 Å². The molecule has 2 aromatic carbocycles. The highest BCUT2D eigenvalue weighted by molar-refractivity contribution is 6.35. The van der Waals surface area contributed by atoms with E-state index in [-0.39, 0.29) is 5.92 Å². The summed E-state index contributed by atoms with van der Waals surface area (Å²) in [4.78, 5) is 0. The Hall–Kier alpha value is -1.18. The lowest BCUT2D eigenvalue weighted by atomic mass is 9.94. The molecule has 0 saturated heterocycles. The summed E-state index contributed by atoms with van der Waals surface area (Å²) in [7, 11) is 1.67. The normalized spacial score (nSPS) is 12.2. The van der Waals surface area contributed by atoms with Gasteiger partial charge in [-0.1, -0.05) is 41.4 Å². The standard InChI is InChI=1S/C17H17Cl2O/c1-12(13-6-9-16(20-2)10-7-13)3-4-14-5-8-15(18)11-17(14)19/h5-12H,1,3-4H2,2H3. The van der Waals surface area contributed by atoms with Gasteiger partial charge in [-0.2, -0.15) is 0 Å². The smallest absolute Gasteiger partial charge is 0.118 e. The van der Waals surface area contributed by atoms with Gasteiger partial charge in [-0.3, -0.25) is 0 Å². The second-order valence-electron chi connectivity index (χ2n) is 4.74. The SMILES string of the molecule is [CH2]C(CCc1ccc(Cl)cc1Cl)c1ccc(OC)cc1. The molecule has 0 aliphatic heterocycles. The van der Waals surface area contributed by atoms with Crippen LogP contribution in [0.3, 0.4) is 0 Å². The van der Waals surface area contributed by atoms with Crippen LogP contribution in [0.2, 0.25) is 10.0 Å². The molecule has 2 rings (SSSR count). The van der Waals surface area contributed by atoms with Gasteiger partial charge in [-0.15, -0.1) is 0 Å². The summed E-state index contributed by atoms with van der Waals surface area (Å²) in [5.74, 6) is 1.09. The Kier molecular flexibility index (Phi) is 5.33. The van der Waals surface area contributed by atoms with Crippen LogP contribution in [0.4, 0.5) is 0 Å². The van der Waals surface area contributed by atoms with Gasteiger partial charge in [0.25, 0.3) is 0 Å². The van der Waals surface area contributed by atoms with E-state index >= 15 is 0 Å². The quantitative estimate of drug-likeness (QED) is 0.703. The molecule has 0 fully saturated rings. The zero-order chi connectivity index (χ0) is 14.5. The van der Waals surface area contributed by atoms with Crippen molar-refractivity contribution in [2.24, 2.45) is 0 Å². The highest BCUT2D eigenvalue weighted by atomic mass is 35.5. The summed E-state index contributed by atoms with van der Waals surface area (Å²) in [6.07, 6.45) is 1.82. The molecule has 2 aromatic rings. The van der Waals surface area contributed by atoms with Crippen molar-refractivity contribution in [2.75, 3.05) is 7.11 Å². The first kappa shape index (κ1) is 15.2. The van der Waals surface area contributed by atoms with E-state index in [1.165, 1.54) is 5.56 Å². The molecule has 1 radical (unpaired) electrons. The average Bonchev–Trinajstić information content (AvgIpc) is 2.46. The van der Waals surface area contributed by atoms with Gasteiger partial charge in [-0.25, -0.2) is 0 Å². The lowest BCUT2D eigenvalue weighted by Gasteiger charge is -2.13. The van der Waals surface area contributed by atoms with E-state index < -0.39 is 0 Å². The third-order valence-electron chi connectivity index (χ3n) is 3.36. The molecule has 0 amide bonds. The molecule has 0 aromatic heterocycles. The molecular formula is C17H17Cl2O. The molecule has 3 heteroatoms. The molecular weight excluding hydrogens is 291 g/mol. The largest absolute Gasteiger partial charge is 0.497 e. The van der Waals surface area contributed by atoms with Crippen LogP contribution in [-0.4, -0.2) is 7.11 Å². The van der Waals surface area contributed by atoms with Gasteiger partial charge < -0.3 is 4.74 Å². The van der Waals surface area contributed by atoms with Crippen molar-refractivity contribution in [1.82, 2.24) is 0 Å². The van der Waals surface area contributed by atoms with Crippen molar-refractivity contribution in [3.63, 3.8) is 0 Å². The van der Waals surface area contributed by atoms with Crippen LogP contribution in [-0.2, 0) is 6.42 Å². The summed E-state index contributed by atoms with van der Waals surface area (Å²) in [6.45, 7) is 4.22. The Labute approximate surface area is 130 Å². The number of hydrogen-bond acceptors (Lipinski definition) is 1. The summed E-state index contributed by atoms with van der Waals surface area (Å²) in [5, 5.41) is 1.39. The summed E-state index contributed by atoms with van der Waals surface area (Å²) in [5.41, 5.74) is 2.31. The molecule has 105 valence electrons. The maximum Gasteiger partial charge on any atom is 0.118 e. The third-order valence-corrected chi connectivity index (χ3v) is 3.95. The van der Waals surface area contributed by atoms with Crippen LogP contribution in [0.5, 0.6) is 5.75 Å². The van der Waals surface area contributed by atoms with Gasteiger partial charge >= 0.3 is 0 Å². The third kappa shape index (κ3) is 3.91. The van der Waals surface area contributed by atoms with Crippen LogP contribution in [0.15, 0.2) is 42.5 Å². The number of methoxy groups -OCH3 is 1. The molecule has 0 spiro atoms. The summed E-state index contributed by atoms with van der Waals surface area (Å²) >= 11 is 12.1. The van der Waals surface area contributed by atoms with Gasteiger partial charge in [0.05, 0.1) is 7.11 Å². The number of aryl methyl sites for hydroxylation is 1. The second kappa shape index (κ2) is 7.01. The Balaban J connectivity index is 1.98. The van der Waals surface area contributed by atoms with Crippen molar-refractivity contribution in [3.8, 4) is 5.75 Å². The fourth-order valence-electron chi connectivity index (χ4n) is 2.10. The van der Waals surface area contributed by atoms with Crippen LogP contribution in [0, 0.1) is 6.92 Å². The average molecular weight is 308 g/mol. The number of rotatable bonds is 5. The molecule has 0 N–H and O–H groups in total. The molecule has 1 unspecified atom stereocenters. The fraction of sp³-hybridized carbons (Fsp3) is 0.235. The summed E-state index contributed by atoms with van der Waals surface area (Å²) in [6, 6.07) is 13.7. The maximum absolute atomic E-state index is 6.18. The Bertz CT molecular complexity index is 564. The van der Waals surface area contributed by atoms with Crippen molar-refractivity contribution < 1.29 is 4.74 Å². The predicted octanol–water partition coefficient (Wildman–Crippen LogP) is 5.55. The highest BCUT2D eigenvalue weighted by Gasteiger charge is 2.08. The molecule has 1 atom stereocenters. The molecule has 0 aliphatic carbocycles. The van der Waals surface area contributed by atoms with E-state index in [1.54, 1.807) is 13.2 Å². The minimum absolute atomic E-state index is 0.229. The topological polar surface area (TPSA) is 9.23 Å². The van der Waals surface area contributed by atoms with Gasteiger partial charge in [-0.05, 0) is 61.1 Å². The fourth-order valence-corrected chi connectivity index (χ4v) is 2.60. The highest BCUT2D eigenvalue weighted by Crippen LogP contribution is 2.26. The minimum Gasteiger partial charge on any atom is -0.497 e. The van der Waals surface area contributed by atoms with Gasteiger partial charge in [0.15, 0.2) is 0 Å². The van der Waals surface area contributed by atoms with Gasteiger partial charge in [0, 0.05) is 10.0 Å². The van der Waals surface area contributed by atoms with Crippen molar-refractivity contribution in [2.45, 2.75) is 18.8 Å². The molecule has 0 bridgehead atoms. The molecule has 0 saturated carbocycles.